The first-order chi connectivity index (χ1) is 9.11. The topological polar surface area (TPSA) is 52.6 Å². The molecule has 106 valence electrons. The van der Waals surface area contributed by atoms with Crippen LogP contribution < -0.4 is 5.32 Å². The minimum atomic E-state index is 0.0107. The van der Waals surface area contributed by atoms with E-state index < -0.39 is 0 Å². The van der Waals surface area contributed by atoms with Gasteiger partial charge in [0.1, 0.15) is 0 Å². The fourth-order valence-electron chi connectivity index (χ4n) is 1.91. The summed E-state index contributed by atoms with van der Waals surface area (Å²) in [6.07, 6.45) is 0.885. The van der Waals surface area contributed by atoms with Crippen LogP contribution in [-0.2, 0) is 11.2 Å². The number of rotatable bonds is 8. The van der Waals surface area contributed by atoms with Gasteiger partial charge >= 0.3 is 0 Å². The molecule has 1 aromatic rings. The second kappa shape index (κ2) is 8.67. The number of hydrogen-bond acceptors (Lipinski definition) is 3. The molecule has 4 nitrogen and oxygen atoms in total. The van der Waals surface area contributed by atoms with Crippen LogP contribution in [0, 0.1) is 0 Å². The van der Waals surface area contributed by atoms with E-state index in [2.05, 4.69) is 17.4 Å². The molecule has 0 aliphatic heterocycles. The van der Waals surface area contributed by atoms with Crippen LogP contribution in [-0.4, -0.2) is 48.2 Å². The minimum absolute atomic E-state index is 0.0107. The summed E-state index contributed by atoms with van der Waals surface area (Å²) < 4.78 is 0. The third kappa shape index (κ3) is 6.94. The van der Waals surface area contributed by atoms with E-state index in [1.165, 1.54) is 5.56 Å². The molecule has 0 bridgehead atoms. The van der Waals surface area contributed by atoms with Crippen molar-refractivity contribution in [3.05, 3.63) is 35.9 Å². The Morgan fingerprint density at radius 1 is 1.26 bits per heavy atom. The maximum absolute atomic E-state index is 11.7. The van der Waals surface area contributed by atoms with Gasteiger partial charge < -0.3 is 10.4 Å². The van der Waals surface area contributed by atoms with Gasteiger partial charge in [-0.25, -0.2) is 0 Å². The van der Waals surface area contributed by atoms with Crippen molar-refractivity contribution in [2.75, 3.05) is 26.2 Å². The lowest BCUT2D eigenvalue weighted by Gasteiger charge is -2.21. The van der Waals surface area contributed by atoms with Crippen LogP contribution in [0.3, 0.4) is 0 Å². The highest BCUT2D eigenvalue weighted by atomic mass is 16.3. The highest BCUT2D eigenvalue weighted by Gasteiger charge is 2.10. The van der Waals surface area contributed by atoms with Crippen molar-refractivity contribution < 1.29 is 9.90 Å². The Kier molecular flexibility index (Phi) is 7.15. The Balaban J connectivity index is 2.42. The van der Waals surface area contributed by atoms with Crippen LogP contribution >= 0.6 is 0 Å². The molecule has 0 unspecified atom stereocenters. The van der Waals surface area contributed by atoms with Crippen LogP contribution in [0.1, 0.15) is 19.4 Å². The quantitative estimate of drug-likeness (QED) is 0.738. The molecule has 0 fully saturated rings. The Hall–Kier alpha value is -1.39. The molecule has 0 heterocycles. The predicted molar refractivity (Wildman–Crippen MR) is 77.0 cm³/mol. The summed E-state index contributed by atoms with van der Waals surface area (Å²) in [5.74, 6) is 0.0107. The molecule has 1 amide bonds. The highest BCUT2D eigenvalue weighted by molar-refractivity contribution is 5.78. The van der Waals surface area contributed by atoms with E-state index in [1.54, 1.807) is 0 Å². The van der Waals surface area contributed by atoms with Crippen LogP contribution in [0.4, 0.5) is 0 Å². The molecule has 1 rings (SSSR count). The zero-order valence-electron chi connectivity index (χ0n) is 11.8. The molecule has 19 heavy (non-hydrogen) atoms. The van der Waals surface area contributed by atoms with Gasteiger partial charge in [0.05, 0.1) is 13.2 Å². The van der Waals surface area contributed by atoms with E-state index in [-0.39, 0.29) is 18.6 Å². The molecule has 0 aliphatic rings. The fourth-order valence-corrected chi connectivity index (χ4v) is 1.91. The number of nitrogens with zero attached hydrogens (tertiary/aromatic N) is 1. The van der Waals surface area contributed by atoms with E-state index in [0.29, 0.717) is 13.1 Å². The smallest absolute Gasteiger partial charge is 0.234 e. The van der Waals surface area contributed by atoms with Gasteiger partial charge in [0, 0.05) is 19.1 Å². The molecule has 0 spiro atoms. The summed E-state index contributed by atoms with van der Waals surface area (Å²) in [7, 11) is 0. The number of carbonyl (C=O) groups excluding carboxylic acids is 1. The van der Waals surface area contributed by atoms with E-state index in [0.717, 1.165) is 13.0 Å². The number of amides is 1. The standard InChI is InChI=1S/C15H24N2O2/c1-13(2)16-15(19)12-17(10-11-18)9-8-14-6-4-3-5-7-14/h3-7,13,18H,8-12H2,1-2H3,(H,16,19). The summed E-state index contributed by atoms with van der Waals surface area (Å²) in [5.41, 5.74) is 1.25. The van der Waals surface area contributed by atoms with Crippen molar-refractivity contribution in [1.82, 2.24) is 10.2 Å². The molecule has 1 aromatic carbocycles. The van der Waals surface area contributed by atoms with Gasteiger partial charge in [0.2, 0.25) is 5.91 Å². The van der Waals surface area contributed by atoms with Crippen molar-refractivity contribution in [2.24, 2.45) is 0 Å². The molecule has 0 saturated heterocycles. The van der Waals surface area contributed by atoms with Gasteiger partial charge in [-0.1, -0.05) is 30.3 Å². The van der Waals surface area contributed by atoms with E-state index in [9.17, 15) is 4.79 Å². The minimum Gasteiger partial charge on any atom is -0.395 e. The summed E-state index contributed by atoms with van der Waals surface area (Å²) >= 11 is 0. The zero-order valence-corrected chi connectivity index (χ0v) is 11.8. The van der Waals surface area contributed by atoms with Crippen LogP contribution in [0.2, 0.25) is 0 Å². The Labute approximate surface area is 115 Å². The Morgan fingerprint density at radius 2 is 1.95 bits per heavy atom. The molecule has 0 aliphatic carbocycles. The lowest BCUT2D eigenvalue weighted by molar-refractivity contribution is -0.122. The Bertz CT molecular complexity index is 366. The van der Waals surface area contributed by atoms with Crippen LogP contribution in [0.5, 0.6) is 0 Å². The number of hydrogen-bond donors (Lipinski definition) is 2. The van der Waals surface area contributed by atoms with Crippen molar-refractivity contribution in [2.45, 2.75) is 26.3 Å². The van der Waals surface area contributed by atoms with Crippen molar-refractivity contribution in [1.29, 1.82) is 0 Å². The van der Waals surface area contributed by atoms with E-state index in [1.807, 2.05) is 36.9 Å². The third-order valence-corrected chi connectivity index (χ3v) is 2.79. The number of carbonyl (C=O) groups is 1. The van der Waals surface area contributed by atoms with Gasteiger partial charge in [0.15, 0.2) is 0 Å². The predicted octanol–water partition coefficient (Wildman–Crippen LogP) is 1.05. The largest absolute Gasteiger partial charge is 0.395 e. The zero-order chi connectivity index (χ0) is 14.1. The fraction of sp³-hybridized carbons (Fsp3) is 0.533. The molecular formula is C15H24N2O2. The summed E-state index contributed by atoms with van der Waals surface area (Å²) in [5, 5.41) is 11.9. The lowest BCUT2D eigenvalue weighted by atomic mass is 10.1. The first-order valence-electron chi connectivity index (χ1n) is 6.78. The molecule has 0 atom stereocenters. The molecule has 0 radical (unpaired) electrons. The average molecular weight is 264 g/mol. The monoisotopic (exact) mass is 264 g/mol. The molecule has 2 N–H and O–H groups in total. The lowest BCUT2D eigenvalue weighted by Crippen LogP contribution is -2.41. The van der Waals surface area contributed by atoms with Gasteiger partial charge in [-0.3, -0.25) is 9.69 Å². The van der Waals surface area contributed by atoms with Crippen LogP contribution in [0.25, 0.3) is 0 Å². The van der Waals surface area contributed by atoms with Crippen LogP contribution in [0.15, 0.2) is 30.3 Å². The molecule has 0 saturated carbocycles. The number of aliphatic hydroxyl groups excluding tert-OH is 1. The molecular weight excluding hydrogens is 240 g/mol. The first-order valence-corrected chi connectivity index (χ1v) is 6.78. The second-order valence-electron chi connectivity index (χ2n) is 4.96. The Morgan fingerprint density at radius 3 is 2.53 bits per heavy atom. The van der Waals surface area contributed by atoms with E-state index >= 15 is 0 Å². The number of nitrogens with one attached hydrogen (secondary N) is 1. The molecule has 4 heteroatoms. The number of aliphatic hydroxyl groups is 1. The summed E-state index contributed by atoms with van der Waals surface area (Å²) in [6, 6.07) is 10.3. The average Bonchev–Trinajstić information content (AvgIpc) is 2.36. The highest BCUT2D eigenvalue weighted by Crippen LogP contribution is 2.01. The van der Waals surface area contributed by atoms with Gasteiger partial charge in [0.25, 0.3) is 0 Å². The van der Waals surface area contributed by atoms with Gasteiger partial charge in [-0.2, -0.15) is 0 Å². The maximum Gasteiger partial charge on any atom is 0.234 e. The SMILES string of the molecule is CC(C)NC(=O)CN(CCO)CCc1ccccc1. The van der Waals surface area contributed by atoms with E-state index in [4.69, 9.17) is 5.11 Å². The van der Waals surface area contributed by atoms with Gasteiger partial charge in [-0.15, -0.1) is 0 Å². The first kappa shape index (κ1) is 15.7. The van der Waals surface area contributed by atoms with Crippen molar-refractivity contribution >= 4 is 5.91 Å². The second-order valence-corrected chi connectivity index (χ2v) is 4.96. The third-order valence-electron chi connectivity index (χ3n) is 2.79. The number of benzene rings is 1. The maximum atomic E-state index is 11.7. The summed E-state index contributed by atoms with van der Waals surface area (Å²) in [4.78, 5) is 13.7. The summed E-state index contributed by atoms with van der Waals surface area (Å²) in [6.45, 7) is 5.60. The van der Waals surface area contributed by atoms with Crippen molar-refractivity contribution in [3.8, 4) is 0 Å². The van der Waals surface area contributed by atoms with Gasteiger partial charge in [-0.05, 0) is 25.8 Å². The molecule has 0 aromatic heterocycles. The normalized spacial score (nSPS) is 11.0. The van der Waals surface area contributed by atoms with Crippen molar-refractivity contribution in [3.63, 3.8) is 0 Å².